The fourth-order valence-corrected chi connectivity index (χ4v) is 2.73. The fraction of sp³-hybridized carbons (Fsp3) is 0.562. The largest absolute Gasteiger partial charge is 0.398 e. The zero-order valence-electron chi connectivity index (χ0n) is 12.6. The number of likely N-dealkylation sites (tertiary alicyclic amines) is 1. The lowest BCUT2D eigenvalue weighted by Crippen LogP contribution is -2.41. The number of anilines is 1. The molecule has 1 amide bonds. The minimum absolute atomic E-state index is 0.0872. The molecule has 4 heteroatoms. The highest BCUT2D eigenvalue weighted by atomic mass is 16.5. The molecule has 110 valence electrons. The maximum atomic E-state index is 12.6. The van der Waals surface area contributed by atoms with Crippen LogP contribution in [-0.2, 0) is 4.74 Å². The SMILES string of the molecule is CCOC1CCN(C(=O)c2cc(N)c(C)cc2C)CC1. The van der Waals surface area contributed by atoms with Crippen molar-refractivity contribution in [2.24, 2.45) is 0 Å². The minimum atomic E-state index is 0.0872. The van der Waals surface area contributed by atoms with E-state index in [1.807, 2.05) is 37.8 Å². The normalized spacial score (nSPS) is 16.4. The number of nitrogen functional groups attached to an aromatic ring is 1. The Morgan fingerprint density at radius 2 is 1.95 bits per heavy atom. The second-order valence-corrected chi connectivity index (χ2v) is 5.47. The molecule has 1 aromatic rings. The summed E-state index contributed by atoms with van der Waals surface area (Å²) in [5.74, 6) is 0.0872. The Kier molecular flexibility index (Phi) is 4.65. The summed E-state index contributed by atoms with van der Waals surface area (Å²) in [5.41, 5.74) is 9.35. The molecule has 0 saturated carbocycles. The number of hydrogen-bond donors (Lipinski definition) is 1. The highest BCUT2D eigenvalue weighted by molar-refractivity contribution is 5.96. The number of carbonyl (C=O) groups excluding carboxylic acids is 1. The monoisotopic (exact) mass is 276 g/mol. The van der Waals surface area contributed by atoms with Crippen molar-refractivity contribution >= 4 is 11.6 Å². The van der Waals surface area contributed by atoms with E-state index in [0.29, 0.717) is 11.8 Å². The van der Waals surface area contributed by atoms with Gasteiger partial charge in [0.25, 0.3) is 5.91 Å². The third-order valence-electron chi connectivity index (χ3n) is 3.98. The lowest BCUT2D eigenvalue weighted by Gasteiger charge is -2.32. The lowest BCUT2D eigenvalue weighted by molar-refractivity contribution is 0.0146. The molecule has 0 radical (unpaired) electrons. The number of nitrogens with zero attached hydrogens (tertiary/aromatic N) is 1. The van der Waals surface area contributed by atoms with Gasteiger partial charge < -0.3 is 15.4 Å². The fourth-order valence-electron chi connectivity index (χ4n) is 2.73. The third-order valence-corrected chi connectivity index (χ3v) is 3.98. The van der Waals surface area contributed by atoms with Crippen molar-refractivity contribution in [2.75, 3.05) is 25.4 Å². The van der Waals surface area contributed by atoms with Gasteiger partial charge in [0.15, 0.2) is 0 Å². The first-order valence-electron chi connectivity index (χ1n) is 7.30. The minimum Gasteiger partial charge on any atom is -0.398 e. The molecule has 0 atom stereocenters. The van der Waals surface area contributed by atoms with Crippen molar-refractivity contribution in [1.29, 1.82) is 0 Å². The van der Waals surface area contributed by atoms with Crippen molar-refractivity contribution in [1.82, 2.24) is 4.90 Å². The van der Waals surface area contributed by atoms with E-state index in [-0.39, 0.29) is 5.91 Å². The number of nitrogens with two attached hydrogens (primary N) is 1. The Morgan fingerprint density at radius 1 is 1.30 bits per heavy atom. The molecule has 1 fully saturated rings. The van der Waals surface area contributed by atoms with Crippen LogP contribution in [0.4, 0.5) is 5.69 Å². The molecule has 1 aromatic carbocycles. The summed E-state index contributed by atoms with van der Waals surface area (Å²) in [4.78, 5) is 14.5. The van der Waals surface area contributed by atoms with Crippen LogP contribution in [0.5, 0.6) is 0 Å². The van der Waals surface area contributed by atoms with Crippen molar-refractivity contribution < 1.29 is 9.53 Å². The van der Waals surface area contributed by atoms with Crippen LogP contribution >= 0.6 is 0 Å². The molecule has 2 rings (SSSR count). The highest BCUT2D eigenvalue weighted by Crippen LogP contribution is 2.22. The van der Waals surface area contributed by atoms with Crippen LogP contribution in [0.15, 0.2) is 12.1 Å². The molecule has 0 aliphatic carbocycles. The Labute approximate surface area is 120 Å². The molecule has 4 nitrogen and oxygen atoms in total. The Morgan fingerprint density at radius 3 is 2.55 bits per heavy atom. The molecular weight excluding hydrogens is 252 g/mol. The van der Waals surface area contributed by atoms with Gasteiger partial charge in [-0.2, -0.15) is 0 Å². The highest BCUT2D eigenvalue weighted by Gasteiger charge is 2.24. The summed E-state index contributed by atoms with van der Waals surface area (Å²) >= 11 is 0. The van der Waals surface area contributed by atoms with Gasteiger partial charge in [0.1, 0.15) is 0 Å². The number of rotatable bonds is 3. The summed E-state index contributed by atoms with van der Waals surface area (Å²) < 4.78 is 5.62. The second kappa shape index (κ2) is 6.27. The van der Waals surface area contributed by atoms with Gasteiger partial charge in [-0.1, -0.05) is 6.07 Å². The maximum absolute atomic E-state index is 12.6. The molecule has 1 aliphatic rings. The van der Waals surface area contributed by atoms with Crippen LogP contribution in [-0.4, -0.2) is 36.6 Å². The molecule has 0 unspecified atom stereocenters. The van der Waals surface area contributed by atoms with Gasteiger partial charge in [-0.15, -0.1) is 0 Å². The number of piperidine rings is 1. The smallest absolute Gasteiger partial charge is 0.254 e. The van der Waals surface area contributed by atoms with E-state index in [2.05, 4.69) is 0 Å². The van der Waals surface area contributed by atoms with E-state index in [9.17, 15) is 4.79 Å². The van der Waals surface area contributed by atoms with Crippen LogP contribution in [0, 0.1) is 13.8 Å². The first-order chi connectivity index (χ1) is 9.52. The van der Waals surface area contributed by atoms with Crippen LogP contribution in [0.25, 0.3) is 0 Å². The van der Waals surface area contributed by atoms with Crippen molar-refractivity contribution in [3.05, 3.63) is 28.8 Å². The summed E-state index contributed by atoms with van der Waals surface area (Å²) in [5, 5.41) is 0. The van der Waals surface area contributed by atoms with Gasteiger partial charge in [0.05, 0.1) is 6.10 Å². The van der Waals surface area contributed by atoms with Crippen molar-refractivity contribution in [3.8, 4) is 0 Å². The average Bonchev–Trinajstić information content (AvgIpc) is 2.43. The summed E-state index contributed by atoms with van der Waals surface area (Å²) in [6.45, 7) is 8.20. The van der Waals surface area contributed by atoms with Crippen LogP contribution < -0.4 is 5.73 Å². The predicted octanol–water partition coefficient (Wildman–Crippen LogP) is 2.53. The quantitative estimate of drug-likeness (QED) is 0.863. The summed E-state index contributed by atoms with van der Waals surface area (Å²) in [7, 11) is 0. The van der Waals surface area contributed by atoms with E-state index < -0.39 is 0 Å². The van der Waals surface area contributed by atoms with Crippen molar-refractivity contribution in [2.45, 2.75) is 39.7 Å². The number of aryl methyl sites for hydroxylation is 2. The van der Waals surface area contributed by atoms with E-state index in [4.69, 9.17) is 10.5 Å². The van der Waals surface area contributed by atoms with Crippen LogP contribution in [0.3, 0.4) is 0 Å². The molecule has 1 heterocycles. The average molecular weight is 276 g/mol. The first kappa shape index (κ1) is 14.9. The number of ether oxygens (including phenoxy) is 1. The molecule has 0 aromatic heterocycles. The molecule has 0 bridgehead atoms. The predicted molar refractivity (Wildman–Crippen MR) is 80.9 cm³/mol. The van der Waals surface area contributed by atoms with E-state index in [0.717, 1.165) is 49.2 Å². The maximum Gasteiger partial charge on any atom is 0.254 e. The zero-order valence-corrected chi connectivity index (χ0v) is 12.6. The van der Waals surface area contributed by atoms with Gasteiger partial charge in [-0.3, -0.25) is 4.79 Å². The Hall–Kier alpha value is -1.55. The van der Waals surface area contributed by atoms with Crippen molar-refractivity contribution in [3.63, 3.8) is 0 Å². The Balaban J connectivity index is 2.07. The second-order valence-electron chi connectivity index (χ2n) is 5.47. The molecular formula is C16H24N2O2. The number of benzene rings is 1. The molecule has 1 saturated heterocycles. The third kappa shape index (κ3) is 3.12. The number of carbonyl (C=O) groups is 1. The molecule has 1 aliphatic heterocycles. The molecule has 2 N–H and O–H groups in total. The number of hydrogen-bond acceptors (Lipinski definition) is 3. The molecule has 0 spiro atoms. The van der Waals surface area contributed by atoms with E-state index in [1.54, 1.807) is 0 Å². The van der Waals surface area contributed by atoms with Gasteiger partial charge in [0.2, 0.25) is 0 Å². The first-order valence-corrected chi connectivity index (χ1v) is 7.30. The summed E-state index contributed by atoms with van der Waals surface area (Å²) in [6, 6.07) is 3.79. The Bertz CT molecular complexity index is 491. The van der Waals surface area contributed by atoms with Gasteiger partial charge >= 0.3 is 0 Å². The zero-order chi connectivity index (χ0) is 14.7. The topological polar surface area (TPSA) is 55.6 Å². The van der Waals surface area contributed by atoms with E-state index in [1.165, 1.54) is 0 Å². The van der Waals surface area contributed by atoms with Gasteiger partial charge in [-0.25, -0.2) is 0 Å². The van der Waals surface area contributed by atoms with Crippen LogP contribution in [0.2, 0.25) is 0 Å². The van der Waals surface area contributed by atoms with E-state index >= 15 is 0 Å². The van der Waals surface area contributed by atoms with Gasteiger partial charge in [-0.05, 0) is 50.8 Å². The summed E-state index contributed by atoms with van der Waals surface area (Å²) in [6.07, 6.45) is 2.13. The van der Waals surface area contributed by atoms with Crippen LogP contribution in [0.1, 0.15) is 41.3 Å². The molecule has 20 heavy (non-hydrogen) atoms. The standard InChI is InChI=1S/C16H24N2O2/c1-4-20-13-5-7-18(8-6-13)16(19)14-10-15(17)12(3)9-11(14)2/h9-10,13H,4-8,17H2,1-3H3. The number of amides is 1. The van der Waals surface area contributed by atoms with Gasteiger partial charge in [0, 0.05) is 30.9 Å². The lowest BCUT2D eigenvalue weighted by atomic mass is 10.0.